The van der Waals surface area contributed by atoms with Crippen molar-refractivity contribution in [1.29, 1.82) is 0 Å². The fraction of sp³-hybridized carbons (Fsp3) is 0.308. The van der Waals surface area contributed by atoms with Gasteiger partial charge in [-0.05, 0) is 25.0 Å². The minimum atomic E-state index is -0.487. The van der Waals surface area contributed by atoms with Crippen LogP contribution in [-0.2, 0) is 4.74 Å². The van der Waals surface area contributed by atoms with Crippen molar-refractivity contribution in [3.63, 3.8) is 0 Å². The van der Waals surface area contributed by atoms with Gasteiger partial charge in [0.15, 0.2) is 10.8 Å². The largest absolute Gasteiger partial charge is 0.507 e. The maximum absolute atomic E-state index is 13.1. The van der Waals surface area contributed by atoms with Crippen LogP contribution in [0.4, 0.5) is 4.39 Å². The molecule has 0 aliphatic carbocycles. The Labute approximate surface area is 122 Å². The number of nitrogens with zero attached hydrogens (tertiary/aromatic N) is 4. The van der Waals surface area contributed by atoms with Crippen LogP contribution in [0.3, 0.4) is 0 Å². The van der Waals surface area contributed by atoms with Gasteiger partial charge in [0, 0.05) is 12.7 Å². The van der Waals surface area contributed by atoms with Crippen molar-refractivity contribution in [3.05, 3.63) is 29.8 Å². The molecule has 3 aromatic rings. The summed E-state index contributed by atoms with van der Waals surface area (Å²) in [4.78, 5) is 0.624. The van der Waals surface area contributed by atoms with Gasteiger partial charge in [0.05, 0.1) is 5.56 Å². The molecule has 1 N–H and O–H groups in total. The van der Waals surface area contributed by atoms with E-state index in [-0.39, 0.29) is 11.9 Å². The van der Waals surface area contributed by atoms with Crippen molar-refractivity contribution in [2.45, 2.75) is 18.9 Å². The summed E-state index contributed by atoms with van der Waals surface area (Å²) in [7, 11) is 0. The van der Waals surface area contributed by atoms with Crippen LogP contribution in [0.25, 0.3) is 15.5 Å². The summed E-state index contributed by atoms with van der Waals surface area (Å²) in [6.07, 6.45) is 1.81. The summed E-state index contributed by atoms with van der Waals surface area (Å²) in [5.74, 6) is 0.0459. The molecule has 1 saturated heterocycles. The quantitative estimate of drug-likeness (QED) is 0.787. The van der Waals surface area contributed by atoms with Crippen LogP contribution in [0.15, 0.2) is 18.2 Å². The van der Waals surface area contributed by atoms with Crippen LogP contribution in [0, 0.1) is 5.82 Å². The summed E-state index contributed by atoms with van der Waals surface area (Å²) in [5, 5.41) is 23.0. The number of hydrogen-bond donors (Lipinski definition) is 1. The molecule has 108 valence electrons. The van der Waals surface area contributed by atoms with Gasteiger partial charge in [0.25, 0.3) is 0 Å². The molecule has 1 atom stereocenters. The molecule has 1 fully saturated rings. The monoisotopic (exact) mass is 306 g/mol. The third-order valence-corrected chi connectivity index (χ3v) is 4.35. The van der Waals surface area contributed by atoms with E-state index in [9.17, 15) is 9.50 Å². The third-order valence-electron chi connectivity index (χ3n) is 3.42. The van der Waals surface area contributed by atoms with E-state index in [1.54, 1.807) is 4.52 Å². The molecule has 1 aliphatic heterocycles. The minimum Gasteiger partial charge on any atom is -0.507 e. The lowest BCUT2D eigenvalue weighted by Gasteiger charge is -2.04. The van der Waals surface area contributed by atoms with Gasteiger partial charge in [-0.25, -0.2) is 4.39 Å². The van der Waals surface area contributed by atoms with E-state index in [0.29, 0.717) is 21.4 Å². The minimum absolute atomic E-state index is 0.0863. The average molecular weight is 306 g/mol. The molecular weight excluding hydrogens is 295 g/mol. The Morgan fingerprint density at radius 1 is 1.38 bits per heavy atom. The van der Waals surface area contributed by atoms with Gasteiger partial charge < -0.3 is 9.84 Å². The molecule has 8 heteroatoms. The van der Waals surface area contributed by atoms with E-state index in [0.717, 1.165) is 25.5 Å². The van der Waals surface area contributed by atoms with Gasteiger partial charge in [-0.2, -0.15) is 9.61 Å². The second kappa shape index (κ2) is 4.74. The first-order chi connectivity index (χ1) is 10.2. The third kappa shape index (κ3) is 2.07. The zero-order valence-corrected chi connectivity index (χ0v) is 11.7. The van der Waals surface area contributed by atoms with Crippen LogP contribution in [-0.4, -0.2) is 31.5 Å². The summed E-state index contributed by atoms with van der Waals surface area (Å²) in [5.41, 5.74) is 0.477. The predicted octanol–water partition coefficient (Wildman–Crippen LogP) is 2.55. The first-order valence-corrected chi connectivity index (χ1v) is 7.36. The lowest BCUT2D eigenvalue weighted by molar-refractivity contribution is 0.103. The summed E-state index contributed by atoms with van der Waals surface area (Å²) in [6.45, 7) is 0.718. The van der Waals surface area contributed by atoms with Crippen molar-refractivity contribution in [2.24, 2.45) is 0 Å². The summed E-state index contributed by atoms with van der Waals surface area (Å²) in [6, 6.07) is 3.86. The number of benzene rings is 1. The molecule has 21 heavy (non-hydrogen) atoms. The zero-order valence-electron chi connectivity index (χ0n) is 10.9. The lowest BCUT2D eigenvalue weighted by atomic mass is 10.2. The molecule has 3 heterocycles. The number of phenols is 1. The maximum Gasteiger partial charge on any atom is 0.235 e. The summed E-state index contributed by atoms with van der Waals surface area (Å²) < 4.78 is 20.3. The molecule has 6 nitrogen and oxygen atoms in total. The predicted molar refractivity (Wildman–Crippen MR) is 73.6 cm³/mol. The van der Waals surface area contributed by atoms with Gasteiger partial charge in [-0.1, -0.05) is 11.3 Å². The van der Waals surface area contributed by atoms with Crippen LogP contribution in [0.5, 0.6) is 5.75 Å². The van der Waals surface area contributed by atoms with Crippen molar-refractivity contribution < 1.29 is 14.2 Å². The van der Waals surface area contributed by atoms with Crippen molar-refractivity contribution in [1.82, 2.24) is 19.8 Å². The molecule has 1 aromatic carbocycles. The van der Waals surface area contributed by atoms with Crippen LogP contribution in [0.2, 0.25) is 0 Å². The van der Waals surface area contributed by atoms with E-state index in [2.05, 4.69) is 15.3 Å². The van der Waals surface area contributed by atoms with E-state index in [4.69, 9.17) is 4.74 Å². The number of ether oxygens (including phenoxy) is 1. The maximum atomic E-state index is 13.1. The number of halogens is 1. The second-order valence-corrected chi connectivity index (χ2v) is 5.78. The van der Waals surface area contributed by atoms with Crippen LogP contribution < -0.4 is 0 Å². The Bertz CT molecular complexity index is 810. The Morgan fingerprint density at radius 2 is 2.29 bits per heavy atom. The van der Waals surface area contributed by atoms with Gasteiger partial charge >= 0.3 is 0 Å². The lowest BCUT2D eigenvalue weighted by Crippen LogP contribution is -2.03. The highest BCUT2D eigenvalue weighted by Gasteiger charge is 2.25. The average Bonchev–Trinajstić information content (AvgIpc) is 3.13. The molecule has 0 spiro atoms. The number of aromatic nitrogens is 4. The molecular formula is C13H11FN4O2S. The van der Waals surface area contributed by atoms with Crippen LogP contribution >= 0.6 is 11.3 Å². The molecule has 2 aromatic heterocycles. The van der Waals surface area contributed by atoms with Gasteiger partial charge in [-0.15, -0.1) is 10.2 Å². The zero-order chi connectivity index (χ0) is 14.4. The standard InChI is InChI=1S/C13H11FN4O2S/c14-7-3-4-8(9(19)6-7)12-17-18-11(10-2-1-5-20-10)15-16-13(18)21-12/h3-4,6,10,19H,1-2,5H2. The number of rotatable bonds is 2. The van der Waals surface area contributed by atoms with Gasteiger partial charge in [0.2, 0.25) is 4.96 Å². The number of phenolic OH excluding ortho intramolecular Hbond substituents is 1. The molecule has 1 aliphatic rings. The molecule has 0 amide bonds. The van der Waals surface area contributed by atoms with E-state index >= 15 is 0 Å². The number of fused-ring (bicyclic) bond motifs is 1. The van der Waals surface area contributed by atoms with Crippen LogP contribution in [0.1, 0.15) is 24.8 Å². The second-order valence-electron chi connectivity index (χ2n) is 4.82. The van der Waals surface area contributed by atoms with Crippen molar-refractivity contribution in [2.75, 3.05) is 6.61 Å². The number of aromatic hydroxyl groups is 1. The first kappa shape index (κ1) is 12.7. The molecule has 0 radical (unpaired) electrons. The van der Waals surface area contributed by atoms with E-state index in [1.165, 1.54) is 23.5 Å². The normalized spacial score (nSPS) is 18.6. The fourth-order valence-electron chi connectivity index (χ4n) is 2.41. The first-order valence-electron chi connectivity index (χ1n) is 6.55. The van der Waals surface area contributed by atoms with Gasteiger partial charge in [0.1, 0.15) is 17.7 Å². The topological polar surface area (TPSA) is 72.5 Å². The highest BCUT2D eigenvalue weighted by atomic mass is 32.1. The van der Waals surface area contributed by atoms with E-state index < -0.39 is 5.82 Å². The van der Waals surface area contributed by atoms with Gasteiger partial charge in [-0.3, -0.25) is 0 Å². The Kier molecular flexibility index (Phi) is 2.86. The smallest absolute Gasteiger partial charge is 0.235 e. The van der Waals surface area contributed by atoms with E-state index in [1.807, 2.05) is 0 Å². The SMILES string of the molecule is Oc1cc(F)ccc1-c1nn2c(C3CCCO3)nnc2s1. The molecule has 4 rings (SSSR count). The molecule has 1 unspecified atom stereocenters. The Balaban J connectivity index is 1.80. The molecule has 0 saturated carbocycles. The summed E-state index contributed by atoms with van der Waals surface area (Å²) >= 11 is 1.29. The fourth-order valence-corrected chi connectivity index (χ4v) is 3.29. The highest BCUT2D eigenvalue weighted by molar-refractivity contribution is 7.19. The Morgan fingerprint density at radius 3 is 3.05 bits per heavy atom. The molecule has 0 bridgehead atoms. The van der Waals surface area contributed by atoms with Crippen molar-refractivity contribution >= 4 is 16.3 Å². The number of hydrogen-bond acceptors (Lipinski definition) is 6. The highest BCUT2D eigenvalue weighted by Crippen LogP contribution is 2.34. The van der Waals surface area contributed by atoms with Crippen molar-refractivity contribution in [3.8, 4) is 16.3 Å². The Hall–Kier alpha value is -2.06.